The molecule has 2 aliphatic rings. The van der Waals surface area contributed by atoms with Crippen LogP contribution in [-0.4, -0.2) is 77.3 Å². The van der Waals surface area contributed by atoms with Crippen LogP contribution in [0.2, 0.25) is 0 Å². The molecule has 39 heavy (non-hydrogen) atoms. The fourth-order valence-electron chi connectivity index (χ4n) is 4.66. The Hall–Kier alpha value is -4.22. The summed E-state index contributed by atoms with van der Waals surface area (Å²) in [5, 5.41) is 6.31. The molecule has 11 nitrogen and oxygen atoms in total. The third-order valence-corrected chi connectivity index (χ3v) is 6.55. The molecule has 1 aromatic carbocycles. The van der Waals surface area contributed by atoms with E-state index in [4.69, 9.17) is 9.47 Å². The standard InChI is InChI=1S/C28H33N7O4/c1-20(18-38-2)31-26(36)15-21-4-3-5-23(14-21)35-17-24(27-29-8-9-34(27)19-35)32-25-7-6-22(16-30-25)28(37)33-10-12-39-13-11-33/h3-9,14,16-17,20H,10-13,15,18-19H2,1-2H3,(H,30,32)(H,31,36). The summed E-state index contributed by atoms with van der Waals surface area (Å²) in [6.07, 6.45) is 7.53. The number of hydrogen-bond donors (Lipinski definition) is 2. The number of hydrogen-bond acceptors (Lipinski definition) is 8. The summed E-state index contributed by atoms with van der Waals surface area (Å²) in [7, 11) is 1.62. The average Bonchev–Trinajstić information content (AvgIpc) is 3.43. The first-order valence-corrected chi connectivity index (χ1v) is 13.0. The van der Waals surface area contributed by atoms with Crippen molar-refractivity contribution in [2.75, 3.05) is 50.2 Å². The van der Waals surface area contributed by atoms with Crippen LogP contribution in [0.15, 0.2) is 61.2 Å². The lowest BCUT2D eigenvalue weighted by atomic mass is 10.1. The van der Waals surface area contributed by atoms with Gasteiger partial charge in [-0.1, -0.05) is 12.1 Å². The van der Waals surface area contributed by atoms with Crippen LogP contribution in [0, 0.1) is 0 Å². The Balaban J connectivity index is 1.30. The number of methoxy groups -OCH3 is 1. The molecule has 1 unspecified atom stereocenters. The summed E-state index contributed by atoms with van der Waals surface area (Å²) in [6, 6.07) is 11.4. The number of rotatable bonds is 9. The number of ether oxygens (including phenoxy) is 2. The van der Waals surface area contributed by atoms with Gasteiger partial charge < -0.3 is 34.5 Å². The second kappa shape index (κ2) is 12.1. The molecular formula is C28H33N7O4. The summed E-state index contributed by atoms with van der Waals surface area (Å²) in [6.45, 7) is 5.24. The predicted octanol–water partition coefficient (Wildman–Crippen LogP) is 2.33. The maximum Gasteiger partial charge on any atom is 0.255 e. The molecule has 0 radical (unpaired) electrons. The van der Waals surface area contributed by atoms with E-state index in [2.05, 4.69) is 25.5 Å². The van der Waals surface area contributed by atoms with Crippen LogP contribution >= 0.6 is 0 Å². The number of carbonyl (C=O) groups is 2. The zero-order valence-electron chi connectivity index (χ0n) is 22.2. The van der Waals surface area contributed by atoms with Gasteiger partial charge in [-0.15, -0.1) is 0 Å². The lowest BCUT2D eigenvalue weighted by molar-refractivity contribution is -0.121. The minimum absolute atomic E-state index is 0.0438. The maximum atomic E-state index is 12.8. The van der Waals surface area contributed by atoms with Crippen molar-refractivity contribution in [3.8, 4) is 0 Å². The number of nitrogens with zero attached hydrogens (tertiary/aromatic N) is 5. The number of carbonyl (C=O) groups excluding carboxylic acids is 2. The van der Waals surface area contributed by atoms with Gasteiger partial charge in [0.1, 0.15) is 12.5 Å². The van der Waals surface area contributed by atoms with Gasteiger partial charge in [0.25, 0.3) is 5.91 Å². The number of imidazole rings is 1. The monoisotopic (exact) mass is 531 g/mol. The van der Waals surface area contributed by atoms with E-state index >= 15 is 0 Å². The van der Waals surface area contributed by atoms with Crippen LogP contribution in [0.4, 0.5) is 11.5 Å². The van der Waals surface area contributed by atoms with Gasteiger partial charge in [-0.3, -0.25) is 9.59 Å². The molecule has 3 aromatic rings. The van der Waals surface area contributed by atoms with Crippen LogP contribution in [-0.2, 0) is 27.4 Å². The largest absolute Gasteiger partial charge is 0.383 e. The first kappa shape index (κ1) is 26.4. The molecule has 0 spiro atoms. The molecule has 0 bridgehead atoms. The summed E-state index contributed by atoms with van der Waals surface area (Å²) >= 11 is 0. The van der Waals surface area contributed by atoms with Gasteiger partial charge in [-0.05, 0) is 36.8 Å². The third-order valence-electron chi connectivity index (χ3n) is 6.55. The normalized spacial score (nSPS) is 15.8. The highest BCUT2D eigenvalue weighted by molar-refractivity contribution is 5.94. The Labute approximate surface area is 227 Å². The van der Waals surface area contributed by atoms with Gasteiger partial charge in [-0.2, -0.15) is 0 Å². The van der Waals surface area contributed by atoms with E-state index in [1.165, 1.54) is 0 Å². The van der Waals surface area contributed by atoms with E-state index < -0.39 is 0 Å². The van der Waals surface area contributed by atoms with Crippen LogP contribution in [0.25, 0.3) is 5.70 Å². The predicted molar refractivity (Wildman–Crippen MR) is 147 cm³/mol. The van der Waals surface area contributed by atoms with Crippen LogP contribution in [0.3, 0.4) is 0 Å². The Kier molecular flexibility index (Phi) is 8.18. The lowest BCUT2D eigenvalue weighted by Gasteiger charge is -2.29. The quantitative estimate of drug-likeness (QED) is 0.433. The molecule has 11 heteroatoms. The molecule has 0 saturated carbocycles. The summed E-state index contributed by atoms with van der Waals surface area (Å²) < 4.78 is 12.5. The summed E-state index contributed by atoms with van der Waals surface area (Å²) in [4.78, 5) is 38.1. The first-order valence-electron chi connectivity index (χ1n) is 13.0. The second-order valence-corrected chi connectivity index (χ2v) is 9.61. The Morgan fingerprint density at radius 2 is 2.00 bits per heavy atom. The summed E-state index contributed by atoms with van der Waals surface area (Å²) in [5.41, 5.74) is 3.17. The number of fused-ring (bicyclic) bond motifs is 1. The number of benzene rings is 1. The summed E-state index contributed by atoms with van der Waals surface area (Å²) in [5.74, 6) is 1.29. The number of nitrogens with one attached hydrogen (secondary N) is 2. The van der Waals surface area contributed by atoms with Crippen molar-refractivity contribution >= 4 is 29.0 Å². The fraction of sp³-hybridized carbons (Fsp3) is 0.357. The number of pyridine rings is 1. The molecule has 1 fully saturated rings. The Morgan fingerprint density at radius 1 is 1.15 bits per heavy atom. The Morgan fingerprint density at radius 3 is 2.77 bits per heavy atom. The number of morpholine rings is 1. The molecular weight excluding hydrogens is 498 g/mol. The lowest BCUT2D eigenvalue weighted by Crippen LogP contribution is -2.40. The van der Waals surface area contributed by atoms with Crippen molar-refractivity contribution in [1.29, 1.82) is 0 Å². The third kappa shape index (κ3) is 6.44. The molecule has 2 amide bonds. The maximum absolute atomic E-state index is 12.8. The molecule has 5 rings (SSSR count). The molecule has 2 aromatic heterocycles. The van der Waals surface area contributed by atoms with Gasteiger partial charge >= 0.3 is 0 Å². The van der Waals surface area contributed by atoms with Gasteiger partial charge in [0.05, 0.1) is 37.5 Å². The molecule has 204 valence electrons. The molecule has 1 atom stereocenters. The van der Waals surface area contributed by atoms with Crippen molar-refractivity contribution in [1.82, 2.24) is 24.8 Å². The van der Waals surface area contributed by atoms with E-state index in [0.717, 1.165) is 22.8 Å². The molecule has 2 N–H and O–H groups in total. The molecule has 4 heterocycles. The minimum atomic E-state index is -0.0517. The smallest absolute Gasteiger partial charge is 0.255 e. The molecule has 2 aliphatic heterocycles. The van der Waals surface area contributed by atoms with Crippen LogP contribution in [0.5, 0.6) is 0 Å². The van der Waals surface area contributed by atoms with Crippen molar-refractivity contribution in [2.45, 2.75) is 26.1 Å². The molecule has 1 saturated heterocycles. The van der Waals surface area contributed by atoms with E-state index in [0.29, 0.717) is 51.0 Å². The van der Waals surface area contributed by atoms with Crippen LogP contribution in [0.1, 0.15) is 28.7 Å². The number of aromatic nitrogens is 3. The number of amides is 2. The SMILES string of the molecule is COCC(C)NC(=O)Cc1cccc(N2C=C(Nc3ccc(C(=O)N4CCOCC4)cn3)c3nccn3C2)c1. The van der Waals surface area contributed by atoms with E-state index in [1.54, 1.807) is 36.5 Å². The fourth-order valence-corrected chi connectivity index (χ4v) is 4.66. The van der Waals surface area contributed by atoms with E-state index in [-0.39, 0.29) is 24.3 Å². The minimum Gasteiger partial charge on any atom is -0.383 e. The van der Waals surface area contributed by atoms with Crippen molar-refractivity contribution < 1.29 is 19.1 Å². The zero-order chi connectivity index (χ0) is 27.2. The Bertz CT molecular complexity index is 1330. The van der Waals surface area contributed by atoms with Crippen molar-refractivity contribution in [2.24, 2.45) is 0 Å². The van der Waals surface area contributed by atoms with Crippen molar-refractivity contribution in [3.05, 3.63) is 78.1 Å². The molecule has 0 aliphatic carbocycles. The van der Waals surface area contributed by atoms with E-state index in [1.807, 2.05) is 48.2 Å². The topological polar surface area (TPSA) is 114 Å². The highest BCUT2D eigenvalue weighted by Crippen LogP contribution is 2.27. The highest BCUT2D eigenvalue weighted by Gasteiger charge is 2.21. The number of anilines is 2. The first-order chi connectivity index (χ1) is 19.0. The average molecular weight is 532 g/mol. The van der Waals surface area contributed by atoms with Crippen molar-refractivity contribution in [3.63, 3.8) is 0 Å². The van der Waals surface area contributed by atoms with Gasteiger partial charge in [0, 0.05) is 56.7 Å². The van der Waals surface area contributed by atoms with E-state index in [9.17, 15) is 9.59 Å². The van der Waals surface area contributed by atoms with Gasteiger partial charge in [0.15, 0.2) is 5.82 Å². The van der Waals surface area contributed by atoms with Gasteiger partial charge in [-0.25, -0.2) is 9.97 Å². The van der Waals surface area contributed by atoms with Gasteiger partial charge in [0.2, 0.25) is 5.91 Å². The second-order valence-electron chi connectivity index (χ2n) is 9.61. The van der Waals surface area contributed by atoms with Crippen LogP contribution < -0.4 is 15.5 Å². The highest BCUT2D eigenvalue weighted by atomic mass is 16.5. The zero-order valence-corrected chi connectivity index (χ0v) is 22.2.